The normalized spacial score (nSPS) is 27.8. The summed E-state index contributed by atoms with van der Waals surface area (Å²) in [5, 5.41) is 7.58. The summed E-state index contributed by atoms with van der Waals surface area (Å²) in [6.07, 6.45) is 15.8. The second kappa shape index (κ2) is 24.7. The number of hydrogen-bond donors (Lipinski definition) is 4. The Morgan fingerprint density at radius 3 is 2.05 bits per heavy atom. The predicted octanol–water partition coefficient (Wildman–Crippen LogP) is 11.3. The van der Waals surface area contributed by atoms with Crippen LogP contribution in [0.4, 0.5) is 0 Å². The van der Waals surface area contributed by atoms with Crippen molar-refractivity contribution in [3.05, 3.63) is 118 Å². The molecule has 8 aliphatic rings. The zero-order chi connectivity index (χ0) is 54.5. The summed E-state index contributed by atoms with van der Waals surface area (Å²) in [6, 6.07) is 26.1. The van der Waals surface area contributed by atoms with Crippen LogP contribution >= 0.6 is 0 Å². The largest absolute Gasteiger partial charge is 0.469 e. The van der Waals surface area contributed by atoms with Crippen molar-refractivity contribution < 1.29 is 33.4 Å². The molecule has 0 amide bonds. The monoisotopic (exact) mass is 1060 g/mol. The van der Waals surface area contributed by atoms with Gasteiger partial charge < -0.3 is 39.4 Å². The summed E-state index contributed by atoms with van der Waals surface area (Å²) >= 11 is 0. The van der Waals surface area contributed by atoms with Crippen molar-refractivity contribution in [2.75, 3.05) is 59.6 Å². The van der Waals surface area contributed by atoms with Crippen LogP contribution in [-0.4, -0.2) is 115 Å². The standard InChI is InChI=1S/C23H32N2O4.C21H26N2O.C20H26N2.CO2/c1-3-16(23-28-10-11-29-23)12-15-13-19(22(26)27-2)21-18(8-9-24-14-15)17-6-4-5-7-20(17)25-21;1-3-15-10-14-11-21(13(2)24)19-17(8-9-23(12-14)20(15)21)16-6-4-5-7-18(16)22-19;1-3-15-11-16-10-14(2)20-18(8-9-22(12-15)13-16)17-6-4-5-7-19(17)21-20;2-1-3/h4-7,15-16,19,23-25H,3,8-14H2,1-2H3;4-7,14-15,20,22H,3,8-12H2,1-2H3;4-7,12,14,16,21H,3,8-11,13H2,1-2H3;/t15-,16?,19?;;;/m1.../s1. The van der Waals surface area contributed by atoms with Gasteiger partial charge in [-0.05, 0) is 161 Å². The molecule has 7 aliphatic heterocycles. The fraction of sp³-hybridized carbons (Fsp3) is 0.554. The van der Waals surface area contributed by atoms with Crippen LogP contribution in [0.15, 0.2) is 84.6 Å². The van der Waals surface area contributed by atoms with Crippen LogP contribution in [0.3, 0.4) is 0 Å². The average Bonchev–Trinajstić information content (AvgIpc) is 4.40. The Hall–Kier alpha value is -5.82. The van der Waals surface area contributed by atoms with Gasteiger partial charge in [0.15, 0.2) is 6.29 Å². The van der Waals surface area contributed by atoms with Crippen LogP contribution in [-0.2, 0) is 58.1 Å². The lowest BCUT2D eigenvalue weighted by molar-refractivity contribution is -0.191. The van der Waals surface area contributed by atoms with Crippen molar-refractivity contribution in [3.8, 4) is 0 Å². The second-order valence-corrected chi connectivity index (χ2v) is 23.7. The topological polar surface area (TPSA) is 162 Å². The third-order valence-electron chi connectivity index (χ3n) is 19.1. The molecular formula is C65H84N6O7. The summed E-state index contributed by atoms with van der Waals surface area (Å²) < 4.78 is 16.8. The molecule has 1 aliphatic carbocycles. The number of nitrogens with one attached hydrogen (secondary N) is 4. The number of rotatable bonds is 8. The number of para-hydroxylation sites is 3. The lowest BCUT2D eigenvalue weighted by Crippen LogP contribution is -2.66. The first-order chi connectivity index (χ1) is 38.0. The number of ketones is 1. The maximum Gasteiger partial charge on any atom is 0.373 e. The van der Waals surface area contributed by atoms with E-state index in [0.717, 1.165) is 88.3 Å². The van der Waals surface area contributed by atoms with E-state index in [1.54, 1.807) is 11.1 Å². The summed E-state index contributed by atoms with van der Waals surface area (Å²) in [6.45, 7) is 18.9. The quantitative estimate of drug-likeness (QED) is 0.108. The number of aromatic amines is 3. The molecule has 416 valence electrons. The molecule has 4 N–H and O–H groups in total. The van der Waals surface area contributed by atoms with E-state index in [1.165, 1.54) is 102 Å². The fourth-order valence-electron chi connectivity index (χ4n) is 15.7. The number of H-pyrrole nitrogens is 3. The molecule has 6 bridgehead atoms. The van der Waals surface area contributed by atoms with Gasteiger partial charge in [0.25, 0.3) is 0 Å². The lowest BCUT2D eigenvalue weighted by Gasteiger charge is -2.58. The molecule has 6 aromatic rings. The number of ether oxygens (including phenoxy) is 3. The van der Waals surface area contributed by atoms with Crippen LogP contribution in [0.1, 0.15) is 138 Å². The van der Waals surface area contributed by atoms with E-state index in [0.29, 0.717) is 54.6 Å². The molecule has 0 spiro atoms. The zero-order valence-corrected chi connectivity index (χ0v) is 47.1. The number of Topliss-reactive ketones (excluding diaryl/α,β-unsaturated/α-hetero) is 1. The van der Waals surface area contributed by atoms with Gasteiger partial charge in [-0.15, -0.1) is 0 Å². The number of benzene rings is 3. The molecular weight excluding hydrogens is 977 g/mol. The van der Waals surface area contributed by atoms with Gasteiger partial charge in [-0.2, -0.15) is 9.59 Å². The summed E-state index contributed by atoms with van der Waals surface area (Å²) in [4.78, 5) is 58.4. The number of hydrogen-bond acceptors (Lipinski definition) is 10. The van der Waals surface area contributed by atoms with Crippen LogP contribution in [0.25, 0.3) is 32.7 Å². The molecule has 4 fully saturated rings. The van der Waals surface area contributed by atoms with Crippen LogP contribution in [0.5, 0.6) is 0 Å². The Labute approximate surface area is 461 Å². The fourth-order valence-corrected chi connectivity index (χ4v) is 15.7. The number of fused-ring (bicyclic) bond motifs is 12. The van der Waals surface area contributed by atoms with E-state index in [9.17, 15) is 9.59 Å². The van der Waals surface area contributed by atoms with Gasteiger partial charge in [0, 0.05) is 87.9 Å². The van der Waals surface area contributed by atoms with Crippen molar-refractivity contribution in [3.63, 3.8) is 0 Å². The SMILES string of the molecule is CCC(C[C@H]1CNCCc2c([nH]c3ccccc23)C(C(=O)OC)C1)C1OCCO1.CCC1=CN2CCc3c([nH]c4ccccc34)C(C)CC(C1)C2.CCC1CC2CN3CCc4c([nH]c5ccccc45)C(C(C)=O)(C2)C13.O=C=O. The van der Waals surface area contributed by atoms with E-state index in [-0.39, 0.29) is 29.7 Å². The van der Waals surface area contributed by atoms with Gasteiger partial charge in [0.2, 0.25) is 0 Å². The number of allylic oxidation sites excluding steroid dienone is 1. The molecule has 78 heavy (non-hydrogen) atoms. The first-order valence-corrected chi connectivity index (χ1v) is 29.5. The Bertz CT molecular complexity index is 3100. The molecule has 0 radical (unpaired) electrons. The molecule has 9 unspecified atom stereocenters. The Kier molecular flexibility index (Phi) is 17.6. The first kappa shape index (κ1) is 55.5. The van der Waals surface area contributed by atoms with Crippen LogP contribution < -0.4 is 5.32 Å². The van der Waals surface area contributed by atoms with Gasteiger partial charge in [0.05, 0.1) is 31.7 Å². The Morgan fingerprint density at radius 2 is 1.41 bits per heavy atom. The van der Waals surface area contributed by atoms with E-state index < -0.39 is 0 Å². The minimum atomic E-state index is -0.313. The van der Waals surface area contributed by atoms with Crippen LogP contribution in [0.2, 0.25) is 0 Å². The Balaban J connectivity index is 0.000000130. The highest BCUT2D eigenvalue weighted by Crippen LogP contribution is 2.55. The van der Waals surface area contributed by atoms with Crippen molar-refractivity contribution in [2.24, 2.45) is 29.6 Å². The van der Waals surface area contributed by atoms with Crippen LogP contribution in [0, 0.1) is 29.6 Å². The van der Waals surface area contributed by atoms with E-state index in [4.69, 9.17) is 23.8 Å². The molecule has 14 rings (SSSR count). The molecule has 13 heteroatoms. The maximum atomic E-state index is 13.1. The molecule has 3 aromatic heterocycles. The first-order valence-electron chi connectivity index (χ1n) is 29.5. The highest BCUT2D eigenvalue weighted by atomic mass is 16.7. The number of carbonyl (C=O) groups is 2. The number of carbonyl (C=O) groups excluding carboxylic acids is 4. The van der Waals surface area contributed by atoms with Gasteiger partial charge in [-0.25, -0.2) is 0 Å². The lowest BCUT2D eigenvalue weighted by atomic mass is 9.55. The summed E-state index contributed by atoms with van der Waals surface area (Å²) in [7, 11) is 1.49. The third kappa shape index (κ3) is 11.1. The van der Waals surface area contributed by atoms with Gasteiger partial charge in [0.1, 0.15) is 5.78 Å². The smallest absolute Gasteiger partial charge is 0.373 e. The molecule has 10 heterocycles. The second-order valence-electron chi connectivity index (χ2n) is 23.7. The Morgan fingerprint density at radius 1 is 0.782 bits per heavy atom. The highest BCUT2D eigenvalue weighted by Gasteiger charge is 2.60. The van der Waals surface area contributed by atoms with Crippen molar-refractivity contribution in [2.45, 2.75) is 141 Å². The summed E-state index contributed by atoms with van der Waals surface area (Å²) in [5.41, 5.74) is 12.9. The maximum absolute atomic E-state index is 13.1. The van der Waals surface area contributed by atoms with Gasteiger partial charge in [-0.1, -0.05) is 94.3 Å². The van der Waals surface area contributed by atoms with Gasteiger partial charge in [-0.3, -0.25) is 14.5 Å². The van der Waals surface area contributed by atoms with Crippen molar-refractivity contribution in [1.82, 2.24) is 30.1 Å². The average molecular weight is 1060 g/mol. The molecule has 3 saturated heterocycles. The number of nitrogens with zero attached hydrogens (tertiary/aromatic N) is 2. The van der Waals surface area contributed by atoms with E-state index in [2.05, 4.69) is 131 Å². The van der Waals surface area contributed by atoms with Gasteiger partial charge >= 0.3 is 12.1 Å². The third-order valence-corrected chi connectivity index (χ3v) is 19.1. The molecule has 3 aromatic carbocycles. The highest BCUT2D eigenvalue weighted by molar-refractivity contribution is 5.94. The van der Waals surface area contributed by atoms with Crippen molar-refractivity contribution in [1.29, 1.82) is 0 Å². The predicted molar refractivity (Wildman–Crippen MR) is 306 cm³/mol. The molecule has 1 saturated carbocycles. The zero-order valence-electron chi connectivity index (χ0n) is 47.1. The number of methoxy groups -OCH3 is 1. The van der Waals surface area contributed by atoms with E-state index in [1.807, 2.05) is 13.0 Å². The summed E-state index contributed by atoms with van der Waals surface area (Å²) in [5.74, 6) is 3.37. The number of piperidine rings is 2. The molecule has 13 nitrogen and oxygen atoms in total. The number of aromatic nitrogens is 3. The van der Waals surface area contributed by atoms with E-state index >= 15 is 0 Å². The minimum Gasteiger partial charge on any atom is -0.469 e. The number of esters is 1. The van der Waals surface area contributed by atoms with Crippen molar-refractivity contribution >= 4 is 50.6 Å². The minimum absolute atomic E-state index is 0.118. The molecule has 10 atom stereocenters.